The number of carbonyl (C=O) groups excluding carboxylic acids is 1. The summed E-state index contributed by atoms with van der Waals surface area (Å²) in [6.07, 6.45) is 2.32. The molecule has 1 heterocycles. The summed E-state index contributed by atoms with van der Waals surface area (Å²) in [5.41, 5.74) is 2.59. The molecule has 7 heteroatoms. The predicted molar refractivity (Wildman–Crippen MR) is 139 cm³/mol. The number of rotatable bonds is 11. The second kappa shape index (κ2) is 12.3. The molecule has 3 aromatic carbocycles. The van der Waals surface area contributed by atoms with Crippen LogP contribution in [0, 0.1) is 0 Å². The van der Waals surface area contributed by atoms with Gasteiger partial charge in [-0.05, 0) is 61.3 Å². The highest BCUT2D eigenvalue weighted by atomic mass is 16.5. The van der Waals surface area contributed by atoms with Crippen molar-refractivity contribution in [1.29, 1.82) is 0 Å². The second-order valence-corrected chi connectivity index (χ2v) is 8.73. The van der Waals surface area contributed by atoms with Crippen LogP contribution in [0.5, 0.6) is 23.0 Å². The van der Waals surface area contributed by atoms with E-state index >= 15 is 0 Å². The first-order valence-electron chi connectivity index (χ1n) is 12.2. The number of nitrogens with one attached hydrogen (secondary N) is 1. The standard InChI is InChI=1S/C29H34N2O5/c1-33-24-13-9-12-22(16-24)25(31-14-7-8-15-31)19-30-29(32)23-17-26(34-2)28(27(18-23)35-3)36-20-21-10-5-4-6-11-21/h4-6,9-13,16-18,25H,7-8,14-15,19-20H2,1-3H3,(H,30,32). The van der Waals surface area contributed by atoms with Gasteiger partial charge in [0.15, 0.2) is 11.5 Å². The summed E-state index contributed by atoms with van der Waals surface area (Å²) in [5.74, 6) is 1.96. The Kier molecular flexibility index (Phi) is 8.68. The van der Waals surface area contributed by atoms with Gasteiger partial charge < -0.3 is 24.3 Å². The third kappa shape index (κ3) is 6.10. The van der Waals surface area contributed by atoms with Crippen LogP contribution in [0.15, 0.2) is 66.7 Å². The zero-order valence-corrected chi connectivity index (χ0v) is 21.2. The molecule has 0 radical (unpaired) electrons. The van der Waals surface area contributed by atoms with Crippen LogP contribution >= 0.6 is 0 Å². The van der Waals surface area contributed by atoms with E-state index in [4.69, 9.17) is 18.9 Å². The van der Waals surface area contributed by atoms with Crippen molar-refractivity contribution in [3.05, 3.63) is 83.4 Å². The van der Waals surface area contributed by atoms with Crippen LogP contribution in [-0.4, -0.2) is 51.8 Å². The van der Waals surface area contributed by atoms with Crippen LogP contribution in [0.4, 0.5) is 0 Å². The topological polar surface area (TPSA) is 69.3 Å². The molecule has 4 rings (SSSR count). The maximum absolute atomic E-state index is 13.2. The molecule has 0 aromatic heterocycles. The third-order valence-corrected chi connectivity index (χ3v) is 6.46. The lowest BCUT2D eigenvalue weighted by Crippen LogP contribution is -2.36. The number of benzene rings is 3. The summed E-state index contributed by atoms with van der Waals surface area (Å²) in [6, 6.07) is 21.3. The van der Waals surface area contributed by atoms with Crippen LogP contribution in [0.1, 0.15) is 40.4 Å². The van der Waals surface area contributed by atoms with Gasteiger partial charge in [0.2, 0.25) is 5.75 Å². The molecule has 190 valence electrons. The number of hydrogen-bond acceptors (Lipinski definition) is 6. The van der Waals surface area contributed by atoms with Gasteiger partial charge in [-0.3, -0.25) is 9.69 Å². The Bertz CT molecular complexity index is 1120. The van der Waals surface area contributed by atoms with Crippen LogP contribution in [0.3, 0.4) is 0 Å². The van der Waals surface area contributed by atoms with E-state index in [9.17, 15) is 4.79 Å². The molecule has 7 nitrogen and oxygen atoms in total. The highest BCUT2D eigenvalue weighted by molar-refractivity contribution is 5.95. The van der Waals surface area contributed by atoms with Gasteiger partial charge in [0.25, 0.3) is 5.91 Å². The number of hydrogen-bond donors (Lipinski definition) is 1. The Morgan fingerprint density at radius 1 is 0.889 bits per heavy atom. The van der Waals surface area contributed by atoms with Crippen LogP contribution in [0.25, 0.3) is 0 Å². The largest absolute Gasteiger partial charge is 0.497 e. The van der Waals surface area contributed by atoms with Crippen molar-refractivity contribution in [2.75, 3.05) is 41.0 Å². The molecule has 1 unspecified atom stereocenters. The Morgan fingerprint density at radius 3 is 2.22 bits per heavy atom. The Morgan fingerprint density at radius 2 is 1.58 bits per heavy atom. The lowest BCUT2D eigenvalue weighted by molar-refractivity contribution is 0.0937. The average molecular weight is 491 g/mol. The molecule has 0 spiro atoms. The van der Waals surface area contributed by atoms with Gasteiger partial charge >= 0.3 is 0 Å². The van der Waals surface area contributed by atoms with Crippen molar-refractivity contribution in [1.82, 2.24) is 10.2 Å². The van der Waals surface area contributed by atoms with Crippen molar-refractivity contribution >= 4 is 5.91 Å². The minimum Gasteiger partial charge on any atom is -0.497 e. The Hall–Kier alpha value is -3.71. The van der Waals surface area contributed by atoms with E-state index < -0.39 is 0 Å². The molecule has 1 aliphatic rings. The number of likely N-dealkylation sites (tertiary alicyclic amines) is 1. The minimum absolute atomic E-state index is 0.0591. The molecule has 1 amide bonds. The van der Waals surface area contributed by atoms with Crippen molar-refractivity contribution in [3.8, 4) is 23.0 Å². The van der Waals surface area contributed by atoms with Crippen LogP contribution in [0.2, 0.25) is 0 Å². The first kappa shape index (κ1) is 25.4. The van der Waals surface area contributed by atoms with E-state index in [0.29, 0.717) is 36.0 Å². The lowest BCUT2D eigenvalue weighted by Gasteiger charge is -2.28. The molecule has 0 bridgehead atoms. The quantitative estimate of drug-likeness (QED) is 0.414. The Balaban J connectivity index is 1.51. The smallest absolute Gasteiger partial charge is 0.251 e. The van der Waals surface area contributed by atoms with E-state index in [2.05, 4.69) is 16.3 Å². The van der Waals surface area contributed by atoms with Crippen molar-refractivity contribution in [3.63, 3.8) is 0 Å². The van der Waals surface area contributed by atoms with Gasteiger partial charge in [-0.1, -0.05) is 42.5 Å². The van der Waals surface area contributed by atoms with E-state index in [0.717, 1.165) is 42.8 Å². The minimum atomic E-state index is -0.201. The van der Waals surface area contributed by atoms with E-state index in [1.54, 1.807) is 33.5 Å². The van der Waals surface area contributed by atoms with Gasteiger partial charge in [0.05, 0.1) is 27.4 Å². The third-order valence-electron chi connectivity index (χ3n) is 6.46. The molecule has 1 atom stereocenters. The van der Waals surface area contributed by atoms with E-state index in [-0.39, 0.29) is 11.9 Å². The normalized spacial score (nSPS) is 14.2. The molecule has 1 saturated heterocycles. The van der Waals surface area contributed by atoms with E-state index in [1.807, 2.05) is 48.5 Å². The molecule has 1 aliphatic heterocycles. The number of amides is 1. The van der Waals surface area contributed by atoms with Crippen molar-refractivity contribution in [2.45, 2.75) is 25.5 Å². The molecule has 1 fully saturated rings. The predicted octanol–water partition coefficient (Wildman–Crippen LogP) is 4.86. The SMILES string of the molecule is COc1cccc(C(CNC(=O)c2cc(OC)c(OCc3ccccc3)c(OC)c2)N2CCCC2)c1. The van der Waals surface area contributed by atoms with Crippen molar-refractivity contribution < 1.29 is 23.7 Å². The fraction of sp³-hybridized carbons (Fsp3) is 0.345. The first-order valence-corrected chi connectivity index (χ1v) is 12.2. The molecule has 0 saturated carbocycles. The van der Waals surface area contributed by atoms with Gasteiger partial charge in [-0.25, -0.2) is 0 Å². The summed E-state index contributed by atoms with van der Waals surface area (Å²) in [7, 11) is 4.77. The highest BCUT2D eigenvalue weighted by Gasteiger charge is 2.25. The number of ether oxygens (including phenoxy) is 4. The number of methoxy groups -OCH3 is 3. The molecule has 0 aliphatic carbocycles. The van der Waals surface area contributed by atoms with Crippen LogP contribution < -0.4 is 24.3 Å². The summed E-state index contributed by atoms with van der Waals surface area (Å²) in [5, 5.41) is 3.12. The molecule has 1 N–H and O–H groups in total. The maximum atomic E-state index is 13.2. The fourth-order valence-electron chi connectivity index (χ4n) is 4.53. The van der Waals surface area contributed by atoms with Gasteiger partial charge in [0, 0.05) is 12.1 Å². The second-order valence-electron chi connectivity index (χ2n) is 8.73. The monoisotopic (exact) mass is 490 g/mol. The first-order chi connectivity index (χ1) is 17.6. The maximum Gasteiger partial charge on any atom is 0.251 e. The zero-order chi connectivity index (χ0) is 25.3. The van der Waals surface area contributed by atoms with Gasteiger partial charge in [-0.2, -0.15) is 0 Å². The number of carbonyl (C=O) groups is 1. The molecule has 36 heavy (non-hydrogen) atoms. The lowest BCUT2D eigenvalue weighted by atomic mass is 10.0. The number of nitrogens with zero attached hydrogens (tertiary/aromatic N) is 1. The average Bonchev–Trinajstić information content (AvgIpc) is 3.46. The summed E-state index contributed by atoms with van der Waals surface area (Å²) < 4.78 is 22.6. The van der Waals surface area contributed by atoms with E-state index in [1.165, 1.54) is 0 Å². The van der Waals surface area contributed by atoms with Gasteiger partial charge in [0.1, 0.15) is 12.4 Å². The summed E-state index contributed by atoms with van der Waals surface area (Å²) >= 11 is 0. The molecular weight excluding hydrogens is 456 g/mol. The summed E-state index contributed by atoms with van der Waals surface area (Å²) in [4.78, 5) is 15.7. The highest BCUT2D eigenvalue weighted by Crippen LogP contribution is 2.39. The zero-order valence-electron chi connectivity index (χ0n) is 21.2. The van der Waals surface area contributed by atoms with Crippen LogP contribution in [-0.2, 0) is 6.61 Å². The fourth-order valence-corrected chi connectivity index (χ4v) is 4.53. The van der Waals surface area contributed by atoms with Gasteiger partial charge in [-0.15, -0.1) is 0 Å². The summed E-state index contributed by atoms with van der Waals surface area (Å²) in [6.45, 7) is 2.85. The Labute approximate surface area is 212 Å². The molecule has 3 aromatic rings. The molecular formula is C29H34N2O5. The van der Waals surface area contributed by atoms with Crippen molar-refractivity contribution in [2.24, 2.45) is 0 Å².